The summed E-state index contributed by atoms with van der Waals surface area (Å²) >= 11 is 8.76. The molecular weight excluding hydrogens is 364 g/mol. The van der Waals surface area contributed by atoms with Crippen LogP contribution in [-0.2, 0) is 6.42 Å². The highest BCUT2D eigenvalue weighted by Gasteiger charge is 2.14. The van der Waals surface area contributed by atoms with Crippen LogP contribution < -0.4 is 11.3 Å². The fourth-order valence-corrected chi connectivity index (χ4v) is 3.77. The molecule has 2 aromatic rings. The molecule has 2 rings (SSSR count). The Morgan fingerprint density at radius 3 is 2.53 bits per heavy atom. The minimum absolute atomic E-state index is 0.121. The summed E-state index contributed by atoms with van der Waals surface area (Å²) in [5.74, 6) is 5.65. The lowest BCUT2D eigenvalue weighted by atomic mass is 10.0. The zero-order valence-corrected chi connectivity index (χ0v) is 13.0. The van der Waals surface area contributed by atoms with Gasteiger partial charge >= 0.3 is 0 Å². The van der Waals surface area contributed by atoms with E-state index in [1.54, 1.807) is 11.3 Å². The highest BCUT2D eigenvalue weighted by molar-refractivity contribution is 9.11. The van der Waals surface area contributed by atoms with Gasteiger partial charge in [-0.3, -0.25) is 11.3 Å². The molecule has 1 heterocycles. The second kappa shape index (κ2) is 6.11. The van der Waals surface area contributed by atoms with Crippen LogP contribution in [0.5, 0.6) is 0 Å². The van der Waals surface area contributed by atoms with Crippen LogP contribution in [0.1, 0.15) is 16.5 Å². The van der Waals surface area contributed by atoms with Gasteiger partial charge in [0.15, 0.2) is 0 Å². The largest absolute Gasteiger partial charge is 0.271 e. The fourth-order valence-electron chi connectivity index (χ4n) is 1.68. The highest BCUT2D eigenvalue weighted by Crippen LogP contribution is 2.29. The number of nitrogens with two attached hydrogens (primary N) is 1. The first-order chi connectivity index (χ1) is 8.20. The average molecular weight is 376 g/mol. The van der Waals surface area contributed by atoms with Gasteiger partial charge in [-0.25, -0.2) is 0 Å². The molecule has 1 aromatic heterocycles. The van der Waals surface area contributed by atoms with Crippen molar-refractivity contribution >= 4 is 43.2 Å². The maximum Gasteiger partial charge on any atom is 0.0701 e. The Bertz CT molecular complexity index is 499. The molecule has 1 unspecified atom stereocenters. The van der Waals surface area contributed by atoms with Gasteiger partial charge in [-0.1, -0.05) is 34.1 Å². The van der Waals surface area contributed by atoms with Crippen LogP contribution in [0, 0.1) is 0 Å². The SMILES string of the molecule is NNC(Cc1ccc(Br)s1)c1ccccc1Br. The monoisotopic (exact) mass is 374 g/mol. The first kappa shape index (κ1) is 13.2. The van der Waals surface area contributed by atoms with E-state index in [0.717, 1.165) is 14.7 Å². The van der Waals surface area contributed by atoms with Crippen molar-refractivity contribution in [2.45, 2.75) is 12.5 Å². The molecule has 0 aliphatic carbocycles. The van der Waals surface area contributed by atoms with Gasteiger partial charge < -0.3 is 0 Å². The van der Waals surface area contributed by atoms with Crippen molar-refractivity contribution in [1.82, 2.24) is 5.43 Å². The average Bonchev–Trinajstić information content (AvgIpc) is 2.73. The quantitative estimate of drug-likeness (QED) is 0.625. The summed E-state index contributed by atoms with van der Waals surface area (Å²) in [6.45, 7) is 0. The molecule has 90 valence electrons. The second-order valence-corrected chi connectivity index (χ2v) is 7.05. The molecule has 5 heteroatoms. The molecule has 0 saturated heterocycles. The predicted octanol–water partition coefficient (Wildman–Crippen LogP) is 4.02. The fraction of sp³-hybridized carbons (Fsp3) is 0.167. The third-order valence-electron chi connectivity index (χ3n) is 2.52. The van der Waals surface area contributed by atoms with Crippen LogP contribution in [0.2, 0.25) is 0 Å². The maximum absolute atomic E-state index is 5.65. The highest BCUT2D eigenvalue weighted by atomic mass is 79.9. The van der Waals surface area contributed by atoms with Crippen molar-refractivity contribution in [3.05, 3.63) is 55.1 Å². The lowest BCUT2D eigenvalue weighted by molar-refractivity contribution is 0.553. The number of halogens is 2. The summed E-state index contributed by atoms with van der Waals surface area (Å²) in [6, 6.07) is 12.4. The molecule has 2 nitrogen and oxygen atoms in total. The van der Waals surface area contributed by atoms with E-state index in [1.165, 1.54) is 10.4 Å². The molecule has 1 atom stereocenters. The first-order valence-electron chi connectivity index (χ1n) is 5.15. The summed E-state index contributed by atoms with van der Waals surface area (Å²) in [7, 11) is 0. The molecule has 0 aliphatic rings. The van der Waals surface area contributed by atoms with Crippen molar-refractivity contribution in [3.8, 4) is 0 Å². The first-order valence-corrected chi connectivity index (χ1v) is 7.55. The van der Waals surface area contributed by atoms with Gasteiger partial charge in [-0.2, -0.15) is 0 Å². The van der Waals surface area contributed by atoms with Crippen LogP contribution in [0.25, 0.3) is 0 Å². The molecule has 1 aromatic carbocycles. The minimum Gasteiger partial charge on any atom is -0.271 e. The smallest absolute Gasteiger partial charge is 0.0701 e. The summed E-state index contributed by atoms with van der Waals surface area (Å²) in [4.78, 5) is 1.30. The van der Waals surface area contributed by atoms with Gasteiger partial charge in [0, 0.05) is 15.8 Å². The Hall–Kier alpha value is -0.200. The van der Waals surface area contributed by atoms with Gasteiger partial charge in [0.05, 0.1) is 9.83 Å². The Morgan fingerprint density at radius 1 is 1.18 bits per heavy atom. The van der Waals surface area contributed by atoms with E-state index in [9.17, 15) is 0 Å². The molecule has 17 heavy (non-hydrogen) atoms. The number of thiophene rings is 1. The van der Waals surface area contributed by atoms with Crippen LogP contribution >= 0.6 is 43.2 Å². The predicted molar refractivity (Wildman–Crippen MR) is 79.9 cm³/mol. The van der Waals surface area contributed by atoms with E-state index < -0.39 is 0 Å². The number of hydrogen-bond acceptors (Lipinski definition) is 3. The van der Waals surface area contributed by atoms with E-state index in [2.05, 4.69) is 55.5 Å². The second-order valence-electron chi connectivity index (χ2n) is 3.65. The standard InChI is InChI=1S/C12H12Br2N2S/c13-10-4-2-1-3-9(10)11(16-15)7-8-5-6-12(14)17-8/h1-6,11,16H,7,15H2. The summed E-state index contributed by atoms with van der Waals surface area (Å²) < 4.78 is 2.23. The summed E-state index contributed by atoms with van der Waals surface area (Å²) in [6.07, 6.45) is 0.884. The Labute approximate surface area is 121 Å². The Morgan fingerprint density at radius 2 is 1.94 bits per heavy atom. The number of nitrogens with one attached hydrogen (secondary N) is 1. The molecular formula is C12H12Br2N2S. The minimum atomic E-state index is 0.121. The van der Waals surface area contributed by atoms with E-state index in [-0.39, 0.29) is 6.04 Å². The normalized spacial score (nSPS) is 12.6. The van der Waals surface area contributed by atoms with Crippen molar-refractivity contribution in [2.75, 3.05) is 0 Å². The maximum atomic E-state index is 5.65. The van der Waals surface area contributed by atoms with Gasteiger partial charge in [0.1, 0.15) is 0 Å². The zero-order chi connectivity index (χ0) is 12.3. The summed E-state index contributed by atoms with van der Waals surface area (Å²) in [5.41, 5.74) is 4.06. The van der Waals surface area contributed by atoms with Crippen molar-refractivity contribution < 1.29 is 0 Å². The number of hydrogen-bond donors (Lipinski definition) is 2. The van der Waals surface area contributed by atoms with E-state index in [1.807, 2.05) is 18.2 Å². The Balaban J connectivity index is 2.20. The lowest BCUT2D eigenvalue weighted by Crippen LogP contribution is -2.29. The van der Waals surface area contributed by atoms with Gasteiger partial charge in [0.2, 0.25) is 0 Å². The molecule has 0 aliphatic heterocycles. The van der Waals surface area contributed by atoms with Gasteiger partial charge in [-0.15, -0.1) is 11.3 Å². The van der Waals surface area contributed by atoms with Gasteiger partial charge in [-0.05, 0) is 39.7 Å². The summed E-state index contributed by atoms with van der Waals surface area (Å²) in [5, 5.41) is 0. The van der Waals surface area contributed by atoms with Crippen molar-refractivity contribution in [1.29, 1.82) is 0 Å². The molecule has 0 bridgehead atoms. The number of rotatable bonds is 4. The topological polar surface area (TPSA) is 38.0 Å². The molecule has 0 spiro atoms. The Kier molecular flexibility index (Phi) is 4.76. The van der Waals surface area contributed by atoms with Crippen molar-refractivity contribution in [2.24, 2.45) is 5.84 Å². The third-order valence-corrected chi connectivity index (χ3v) is 4.88. The van der Waals surface area contributed by atoms with Crippen LogP contribution in [0.4, 0.5) is 0 Å². The molecule has 0 saturated carbocycles. The van der Waals surface area contributed by atoms with Crippen LogP contribution in [0.15, 0.2) is 44.7 Å². The molecule has 3 N–H and O–H groups in total. The third kappa shape index (κ3) is 3.39. The molecule has 0 amide bonds. The molecule has 0 fully saturated rings. The lowest BCUT2D eigenvalue weighted by Gasteiger charge is -2.16. The van der Waals surface area contributed by atoms with Crippen molar-refractivity contribution in [3.63, 3.8) is 0 Å². The van der Waals surface area contributed by atoms with E-state index in [4.69, 9.17) is 5.84 Å². The number of benzene rings is 1. The van der Waals surface area contributed by atoms with Crippen LogP contribution in [-0.4, -0.2) is 0 Å². The van der Waals surface area contributed by atoms with E-state index in [0.29, 0.717) is 0 Å². The van der Waals surface area contributed by atoms with Gasteiger partial charge in [0.25, 0.3) is 0 Å². The zero-order valence-electron chi connectivity index (χ0n) is 8.99. The number of hydrazine groups is 1. The van der Waals surface area contributed by atoms with E-state index >= 15 is 0 Å². The van der Waals surface area contributed by atoms with Crippen LogP contribution in [0.3, 0.4) is 0 Å². The molecule has 0 radical (unpaired) electrons.